The summed E-state index contributed by atoms with van der Waals surface area (Å²) in [5.41, 5.74) is 1.13. The number of halogens is 3. The van der Waals surface area contributed by atoms with Gasteiger partial charge in [0.25, 0.3) is 0 Å². The van der Waals surface area contributed by atoms with Crippen LogP contribution in [0.2, 0.25) is 5.02 Å². The predicted molar refractivity (Wildman–Crippen MR) is 83.1 cm³/mol. The number of hydrogen-bond donors (Lipinski definition) is 1. The second-order valence-electron chi connectivity index (χ2n) is 4.38. The smallest absolute Gasteiger partial charge is 0.145 e. The first-order valence-electron chi connectivity index (χ1n) is 6.11. The molecular weight excluding hydrogens is 345 g/mol. The Morgan fingerprint density at radius 2 is 2.00 bits per heavy atom. The normalized spacial score (nSPS) is 12.2. The minimum Gasteiger partial charge on any atom is -0.456 e. The van der Waals surface area contributed by atoms with Crippen LogP contribution in [0.15, 0.2) is 40.9 Å². The summed E-state index contributed by atoms with van der Waals surface area (Å²) in [5.74, 6) is 0.529. The molecule has 0 fully saturated rings. The molecule has 2 rings (SSSR count). The zero-order valence-corrected chi connectivity index (χ0v) is 13.4. The lowest BCUT2D eigenvalue weighted by atomic mass is 10.1. The van der Waals surface area contributed by atoms with E-state index in [9.17, 15) is 4.39 Å². The van der Waals surface area contributed by atoms with Crippen molar-refractivity contribution in [2.75, 3.05) is 7.05 Å². The molecule has 5 heteroatoms. The zero-order chi connectivity index (χ0) is 14.7. The summed E-state index contributed by atoms with van der Waals surface area (Å²) in [6.45, 7) is 2.07. The number of ether oxygens (including phenoxy) is 1. The Bertz CT molecular complexity index is 621. The summed E-state index contributed by atoms with van der Waals surface area (Å²) < 4.78 is 19.8. The molecule has 1 unspecified atom stereocenters. The standard InChI is InChI=1S/C15H14BrClFNO/c1-9(19-2)10-3-6-15(12(16)7-10)20-11-4-5-13(17)14(18)8-11/h3-9,19H,1-2H3. The molecule has 0 spiro atoms. The number of nitrogens with one attached hydrogen (secondary N) is 1. The van der Waals surface area contributed by atoms with Crippen LogP contribution >= 0.6 is 27.5 Å². The van der Waals surface area contributed by atoms with Crippen LogP contribution in [0.5, 0.6) is 11.5 Å². The number of rotatable bonds is 4. The molecule has 0 aromatic heterocycles. The van der Waals surface area contributed by atoms with Gasteiger partial charge in [-0.3, -0.25) is 0 Å². The average Bonchev–Trinajstić information content (AvgIpc) is 2.44. The molecule has 0 aliphatic carbocycles. The molecule has 2 nitrogen and oxygen atoms in total. The average molecular weight is 359 g/mol. The van der Waals surface area contributed by atoms with Gasteiger partial charge in [0.2, 0.25) is 0 Å². The fourth-order valence-electron chi connectivity index (χ4n) is 1.70. The lowest BCUT2D eigenvalue weighted by Crippen LogP contribution is -2.12. The van der Waals surface area contributed by atoms with E-state index in [0.29, 0.717) is 11.5 Å². The van der Waals surface area contributed by atoms with Crippen molar-refractivity contribution < 1.29 is 9.13 Å². The van der Waals surface area contributed by atoms with Crippen LogP contribution in [0.1, 0.15) is 18.5 Å². The van der Waals surface area contributed by atoms with E-state index < -0.39 is 5.82 Å². The number of hydrogen-bond acceptors (Lipinski definition) is 2. The minimum atomic E-state index is -0.499. The molecule has 1 atom stereocenters. The van der Waals surface area contributed by atoms with E-state index in [1.165, 1.54) is 12.1 Å². The SMILES string of the molecule is CNC(C)c1ccc(Oc2ccc(Cl)c(F)c2)c(Br)c1. The minimum absolute atomic E-state index is 0.0783. The van der Waals surface area contributed by atoms with Crippen molar-refractivity contribution in [2.24, 2.45) is 0 Å². The first kappa shape index (κ1) is 15.3. The van der Waals surface area contributed by atoms with Crippen molar-refractivity contribution in [1.29, 1.82) is 0 Å². The van der Waals surface area contributed by atoms with Crippen molar-refractivity contribution in [3.8, 4) is 11.5 Å². The van der Waals surface area contributed by atoms with Gasteiger partial charge in [-0.15, -0.1) is 0 Å². The third-order valence-corrected chi connectivity index (χ3v) is 3.93. The molecule has 0 aliphatic heterocycles. The van der Waals surface area contributed by atoms with Gasteiger partial charge in [0.05, 0.1) is 9.50 Å². The summed E-state index contributed by atoms with van der Waals surface area (Å²) >= 11 is 9.10. The molecule has 106 valence electrons. The van der Waals surface area contributed by atoms with Crippen LogP contribution < -0.4 is 10.1 Å². The van der Waals surface area contributed by atoms with Crippen molar-refractivity contribution >= 4 is 27.5 Å². The van der Waals surface area contributed by atoms with Gasteiger partial charge in [0.1, 0.15) is 17.3 Å². The van der Waals surface area contributed by atoms with Gasteiger partial charge in [0, 0.05) is 12.1 Å². The molecule has 0 aliphatic rings. The van der Waals surface area contributed by atoms with Gasteiger partial charge >= 0.3 is 0 Å². The van der Waals surface area contributed by atoms with Crippen LogP contribution in [0.3, 0.4) is 0 Å². The summed E-state index contributed by atoms with van der Waals surface area (Å²) in [4.78, 5) is 0. The second-order valence-corrected chi connectivity index (χ2v) is 5.64. The van der Waals surface area contributed by atoms with Crippen molar-refractivity contribution in [2.45, 2.75) is 13.0 Å². The van der Waals surface area contributed by atoms with Crippen molar-refractivity contribution in [1.82, 2.24) is 5.32 Å². The Morgan fingerprint density at radius 1 is 1.25 bits per heavy atom. The quantitative estimate of drug-likeness (QED) is 0.799. The van der Waals surface area contributed by atoms with Crippen LogP contribution in [0, 0.1) is 5.82 Å². The molecule has 0 saturated carbocycles. The van der Waals surface area contributed by atoms with Gasteiger partial charge in [0.15, 0.2) is 0 Å². The summed E-state index contributed by atoms with van der Waals surface area (Å²) in [6.07, 6.45) is 0. The zero-order valence-electron chi connectivity index (χ0n) is 11.1. The number of benzene rings is 2. The third-order valence-electron chi connectivity index (χ3n) is 3.01. The Morgan fingerprint density at radius 3 is 2.60 bits per heavy atom. The van der Waals surface area contributed by atoms with E-state index in [-0.39, 0.29) is 11.1 Å². The fourth-order valence-corrected chi connectivity index (χ4v) is 2.30. The van der Waals surface area contributed by atoms with Gasteiger partial charge in [-0.1, -0.05) is 17.7 Å². The fraction of sp³-hybridized carbons (Fsp3) is 0.200. The molecule has 0 bridgehead atoms. The molecule has 2 aromatic carbocycles. The summed E-state index contributed by atoms with van der Waals surface area (Å²) in [7, 11) is 1.90. The lowest BCUT2D eigenvalue weighted by molar-refractivity contribution is 0.473. The predicted octanol–water partition coefficient (Wildman–Crippen LogP) is 5.31. The van der Waals surface area contributed by atoms with E-state index >= 15 is 0 Å². The molecule has 0 radical (unpaired) electrons. The van der Waals surface area contributed by atoms with Gasteiger partial charge in [-0.25, -0.2) is 4.39 Å². The van der Waals surface area contributed by atoms with Crippen LogP contribution in [-0.2, 0) is 0 Å². The first-order chi connectivity index (χ1) is 9.51. The molecule has 0 heterocycles. The van der Waals surface area contributed by atoms with Gasteiger partial charge < -0.3 is 10.1 Å². The topological polar surface area (TPSA) is 21.3 Å². The highest BCUT2D eigenvalue weighted by Crippen LogP contribution is 2.33. The van der Waals surface area contributed by atoms with E-state index in [0.717, 1.165) is 10.0 Å². The van der Waals surface area contributed by atoms with Crippen molar-refractivity contribution in [3.63, 3.8) is 0 Å². The largest absolute Gasteiger partial charge is 0.456 e. The van der Waals surface area contributed by atoms with Crippen LogP contribution in [0.4, 0.5) is 4.39 Å². The van der Waals surface area contributed by atoms with E-state index in [1.54, 1.807) is 6.07 Å². The second kappa shape index (κ2) is 6.57. The Labute approximate surface area is 131 Å². The molecule has 2 aromatic rings. The van der Waals surface area contributed by atoms with E-state index in [4.69, 9.17) is 16.3 Å². The third kappa shape index (κ3) is 3.51. The highest BCUT2D eigenvalue weighted by atomic mass is 79.9. The van der Waals surface area contributed by atoms with E-state index in [2.05, 4.69) is 28.2 Å². The lowest BCUT2D eigenvalue weighted by Gasteiger charge is -2.13. The molecule has 20 heavy (non-hydrogen) atoms. The van der Waals surface area contributed by atoms with Crippen LogP contribution in [-0.4, -0.2) is 7.05 Å². The molecule has 0 amide bonds. The molecule has 0 saturated heterocycles. The van der Waals surface area contributed by atoms with Crippen molar-refractivity contribution in [3.05, 3.63) is 57.3 Å². The van der Waals surface area contributed by atoms with E-state index in [1.807, 2.05) is 25.2 Å². The van der Waals surface area contributed by atoms with Gasteiger partial charge in [-0.05, 0) is 59.7 Å². The monoisotopic (exact) mass is 357 g/mol. The Hall–Kier alpha value is -1.10. The Kier molecular flexibility index (Phi) is 5.02. The van der Waals surface area contributed by atoms with Gasteiger partial charge in [-0.2, -0.15) is 0 Å². The highest BCUT2D eigenvalue weighted by Gasteiger charge is 2.09. The summed E-state index contributed by atoms with van der Waals surface area (Å²) in [6, 6.07) is 10.4. The maximum atomic E-state index is 13.4. The molecule has 1 N–H and O–H groups in total. The summed E-state index contributed by atoms with van der Waals surface area (Å²) in [5, 5.41) is 3.24. The molecular formula is C15H14BrClFNO. The van der Waals surface area contributed by atoms with Crippen LogP contribution in [0.25, 0.3) is 0 Å². The maximum Gasteiger partial charge on any atom is 0.145 e. The highest BCUT2D eigenvalue weighted by molar-refractivity contribution is 9.10. The Balaban J connectivity index is 2.23. The maximum absolute atomic E-state index is 13.4. The first-order valence-corrected chi connectivity index (χ1v) is 7.28.